The van der Waals surface area contributed by atoms with E-state index in [2.05, 4.69) is 12.1 Å². The molecule has 0 bridgehead atoms. The van der Waals surface area contributed by atoms with Gasteiger partial charge in [0.2, 0.25) is 0 Å². The van der Waals surface area contributed by atoms with Gasteiger partial charge < -0.3 is 14.3 Å². The molecule has 1 aromatic heterocycles. The molecule has 1 aliphatic heterocycles. The van der Waals surface area contributed by atoms with E-state index in [1.54, 1.807) is 20.2 Å². The number of nitrogens with zero attached hydrogens (tertiary/aromatic N) is 3. The molecule has 6 nitrogen and oxygen atoms in total. The average Bonchev–Trinajstić information content (AvgIpc) is 3.23. The van der Waals surface area contributed by atoms with E-state index >= 15 is 0 Å². The van der Waals surface area contributed by atoms with Gasteiger partial charge in [-0.2, -0.15) is 0 Å². The third-order valence-electron chi connectivity index (χ3n) is 5.45. The van der Waals surface area contributed by atoms with Crippen molar-refractivity contribution in [2.45, 2.75) is 39.3 Å². The first-order valence-corrected chi connectivity index (χ1v) is 9.00. The van der Waals surface area contributed by atoms with E-state index in [1.807, 2.05) is 24.0 Å². The summed E-state index contributed by atoms with van der Waals surface area (Å²) < 4.78 is 5.39. The zero-order valence-corrected chi connectivity index (χ0v) is 15.6. The van der Waals surface area contributed by atoms with Crippen molar-refractivity contribution in [1.29, 1.82) is 0 Å². The molecule has 2 heterocycles. The summed E-state index contributed by atoms with van der Waals surface area (Å²) in [6, 6.07) is 5.87. The minimum Gasteiger partial charge on any atom is -0.355 e. The summed E-state index contributed by atoms with van der Waals surface area (Å²) >= 11 is 0. The lowest BCUT2D eigenvalue weighted by Gasteiger charge is -2.24. The van der Waals surface area contributed by atoms with E-state index in [0.29, 0.717) is 18.2 Å². The Balaban J connectivity index is 1.66. The Morgan fingerprint density at radius 1 is 1.31 bits per heavy atom. The van der Waals surface area contributed by atoms with Gasteiger partial charge in [0.25, 0.3) is 11.8 Å². The van der Waals surface area contributed by atoms with Crippen LogP contribution in [0.1, 0.15) is 51.7 Å². The van der Waals surface area contributed by atoms with Crippen LogP contribution in [0.2, 0.25) is 0 Å². The fraction of sp³-hybridized carbons (Fsp3) is 0.450. The molecule has 4 rings (SSSR count). The third kappa shape index (κ3) is 2.69. The molecule has 1 aliphatic carbocycles. The van der Waals surface area contributed by atoms with Crippen molar-refractivity contribution in [2.24, 2.45) is 5.92 Å². The number of aryl methyl sites for hydroxylation is 1. The first-order valence-electron chi connectivity index (χ1n) is 9.00. The van der Waals surface area contributed by atoms with E-state index in [-0.39, 0.29) is 23.6 Å². The van der Waals surface area contributed by atoms with Gasteiger partial charge in [-0.3, -0.25) is 9.59 Å². The Kier molecular flexibility index (Phi) is 3.86. The quantitative estimate of drug-likeness (QED) is 0.847. The van der Waals surface area contributed by atoms with Crippen molar-refractivity contribution in [1.82, 2.24) is 15.0 Å². The smallest absolute Gasteiger partial charge is 0.275 e. The van der Waals surface area contributed by atoms with Gasteiger partial charge in [-0.15, -0.1) is 0 Å². The molecular weight excluding hydrogens is 330 g/mol. The standard InChI is InChI=1S/C20H23N3O3/c1-11-7-14(17-9-16(21-26-17)19(24)22(3)4)8-15-10-23(20(25)18(11)15)12(2)13-5-6-13/h7-9,12-13H,5-6,10H2,1-4H3. The molecule has 1 fully saturated rings. The van der Waals surface area contributed by atoms with Gasteiger partial charge in [0.1, 0.15) is 0 Å². The molecule has 0 saturated heterocycles. The van der Waals surface area contributed by atoms with Gasteiger partial charge in [-0.1, -0.05) is 5.16 Å². The molecule has 0 spiro atoms. The third-order valence-corrected chi connectivity index (χ3v) is 5.45. The Hall–Kier alpha value is -2.63. The van der Waals surface area contributed by atoms with Gasteiger partial charge in [0.15, 0.2) is 11.5 Å². The van der Waals surface area contributed by atoms with Gasteiger partial charge in [-0.05, 0) is 55.9 Å². The van der Waals surface area contributed by atoms with Gasteiger partial charge in [0, 0.05) is 43.9 Å². The highest BCUT2D eigenvalue weighted by molar-refractivity contribution is 6.00. The maximum absolute atomic E-state index is 12.8. The molecular formula is C20H23N3O3. The van der Waals surface area contributed by atoms with Crippen LogP contribution in [-0.4, -0.2) is 46.9 Å². The Labute approximate surface area is 152 Å². The first kappa shape index (κ1) is 16.8. The lowest BCUT2D eigenvalue weighted by Crippen LogP contribution is -2.34. The van der Waals surface area contributed by atoms with Crippen LogP contribution in [0.25, 0.3) is 11.3 Å². The highest BCUT2D eigenvalue weighted by Gasteiger charge is 2.39. The molecule has 2 amide bonds. The summed E-state index contributed by atoms with van der Waals surface area (Å²) in [6.07, 6.45) is 2.43. The summed E-state index contributed by atoms with van der Waals surface area (Å²) in [4.78, 5) is 28.3. The first-order chi connectivity index (χ1) is 12.4. The van der Waals surface area contributed by atoms with Crippen molar-refractivity contribution in [2.75, 3.05) is 14.1 Å². The molecule has 26 heavy (non-hydrogen) atoms. The number of benzene rings is 1. The number of rotatable bonds is 4. The molecule has 2 aromatic rings. The molecule has 1 aromatic carbocycles. The van der Waals surface area contributed by atoms with Crippen molar-refractivity contribution in [3.8, 4) is 11.3 Å². The minimum atomic E-state index is -0.197. The van der Waals surface area contributed by atoms with Crippen LogP contribution in [-0.2, 0) is 6.54 Å². The number of hydrogen-bond acceptors (Lipinski definition) is 4. The molecule has 1 unspecified atom stereocenters. The second-order valence-electron chi connectivity index (χ2n) is 7.61. The van der Waals surface area contributed by atoms with Crippen LogP contribution in [0.15, 0.2) is 22.7 Å². The molecule has 1 saturated carbocycles. The van der Waals surface area contributed by atoms with Crippen LogP contribution in [0.3, 0.4) is 0 Å². The predicted molar refractivity (Wildman–Crippen MR) is 96.8 cm³/mol. The Morgan fingerprint density at radius 2 is 2.04 bits per heavy atom. The molecule has 6 heteroatoms. The largest absolute Gasteiger partial charge is 0.355 e. The van der Waals surface area contributed by atoms with Crippen LogP contribution in [0, 0.1) is 12.8 Å². The monoisotopic (exact) mass is 353 g/mol. The van der Waals surface area contributed by atoms with E-state index in [0.717, 1.165) is 22.3 Å². The number of aromatic nitrogens is 1. The minimum absolute atomic E-state index is 0.129. The summed E-state index contributed by atoms with van der Waals surface area (Å²) in [5.41, 5.74) is 3.90. The number of amides is 2. The molecule has 1 atom stereocenters. The molecule has 0 radical (unpaired) electrons. The Morgan fingerprint density at radius 3 is 2.69 bits per heavy atom. The van der Waals surface area contributed by atoms with E-state index in [4.69, 9.17) is 4.52 Å². The van der Waals surface area contributed by atoms with Crippen LogP contribution < -0.4 is 0 Å². The van der Waals surface area contributed by atoms with Crippen LogP contribution in [0.4, 0.5) is 0 Å². The zero-order chi connectivity index (χ0) is 18.6. The van der Waals surface area contributed by atoms with E-state index in [1.165, 1.54) is 17.7 Å². The summed E-state index contributed by atoms with van der Waals surface area (Å²) in [7, 11) is 3.36. The van der Waals surface area contributed by atoms with E-state index < -0.39 is 0 Å². The lowest BCUT2D eigenvalue weighted by atomic mass is 9.99. The van der Waals surface area contributed by atoms with Gasteiger partial charge in [0.05, 0.1) is 0 Å². The summed E-state index contributed by atoms with van der Waals surface area (Å²) in [6.45, 7) is 4.74. The number of fused-ring (bicyclic) bond motifs is 1. The number of carbonyl (C=O) groups is 2. The average molecular weight is 353 g/mol. The van der Waals surface area contributed by atoms with E-state index in [9.17, 15) is 9.59 Å². The summed E-state index contributed by atoms with van der Waals surface area (Å²) in [5.74, 6) is 1.12. The SMILES string of the molecule is Cc1cc(-c2cc(C(=O)N(C)C)no2)cc2c1C(=O)N(C(C)C1CC1)C2. The normalized spacial score (nSPS) is 17.4. The second kappa shape index (κ2) is 5.97. The van der Waals surface area contributed by atoms with Gasteiger partial charge >= 0.3 is 0 Å². The fourth-order valence-corrected chi connectivity index (χ4v) is 3.74. The second-order valence-corrected chi connectivity index (χ2v) is 7.61. The fourth-order valence-electron chi connectivity index (χ4n) is 3.74. The number of carbonyl (C=O) groups excluding carboxylic acids is 2. The van der Waals surface area contributed by atoms with Crippen molar-refractivity contribution >= 4 is 11.8 Å². The highest BCUT2D eigenvalue weighted by atomic mass is 16.5. The highest BCUT2D eigenvalue weighted by Crippen LogP contribution is 2.39. The van der Waals surface area contributed by atoms with Crippen LogP contribution in [0.5, 0.6) is 0 Å². The number of hydrogen-bond donors (Lipinski definition) is 0. The Bertz CT molecular complexity index is 896. The van der Waals surface area contributed by atoms with Gasteiger partial charge in [-0.25, -0.2) is 0 Å². The maximum Gasteiger partial charge on any atom is 0.275 e. The van der Waals surface area contributed by atoms with Crippen molar-refractivity contribution in [3.05, 3.63) is 40.6 Å². The summed E-state index contributed by atoms with van der Waals surface area (Å²) in [5, 5.41) is 3.88. The zero-order valence-electron chi connectivity index (χ0n) is 15.6. The molecule has 2 aliphatic rings. The predicted octanol–water partition coefficient (Wildman–Crippen LogP) is 3.11. The lowest BCUT2D eigenvalue weighted by molar-refractivity contribution is 0.0696. The molecule has 136 valence electrons. The topological polar surface area (TPSA) is 66.7 Å². The van der Waals surface area contributed by atoms with Crippen LogP contribution >= 0.6 is 0 Å². The van der Waals surface area contributed by atoms with Crippen molar-refractivity contribution < 1.29 is 14.1 Å². The van der Waals surface area contributed by atoms with Crippen molar-refractivity contribution in [3.63, 3.8) is 0 Å². The molecule has 0 N–H and O–H groups in total. The maximum atomic E-state index is 12.8.